The smallest absolute Gasteiger partial charge is 0.270 e. The molecule has 0 radical (unpaired) electrons. The van der Waals surface area contributed by atoms with Gasteiger partial charge in [0.1, 0.15) is 5.69 Å². The lowest BCUT2D eigenvalue weighted by atomic mass is 9.84. The fourth-order valence-electron chi connectivity index (χ4n) is 5.37. The maximum Gasteiger partial charge on any atom is 0.270 e. The van der Waals surface area contributed by atoms with Crippen molar-refractivity contribution in [1.29, 1.82) is 0 Å². The minimum Gasteiger partial charge on any atom is -0.356 e. The Balaban J connectivity index is 1.19. The van der Waals surface area contributed by atoms with Crippen molar-refractivity contribution < 1.29 is 9.59 Å². The number of carbonyl (C=O) groups is 2. The van der Waals surface area contributed by atoms with Gasteiger partial charge in [0.05, 0.1) is 0 Å². The predicted octanol–water partition coefficient (Wildman–Crippen LogP) is 4.55. The fourth-order valence-corrected chi connectivity index (χ4v) is 5.55. The van der Waals surface area contributed by atoms with E-state index in [-0.39, 0.29) is 17.7 Å². The van der Waals surface area contributed by atoms with E-state index in [0.29, 0.717) is 29.7 Å². The molecule has 1 aromatic carbocycles. The summed E-state index contributed by atoms with van der Waals surface area (Å²) in [6.07, 6.45) is 5.36. The molecule has 7 heteroatoms. The van der Waals surface area contributed by atoms with Crippen molar-refractivity contribution in [3.63, 3.8) is 0 Å². The molecule has 0 unspecified atom stereocenters. The highest BCUT2D eigenvalue weighted by Crippen LogP contribution is 2.27. The van der Waals surface area contributed by atoms with E-state index in [1.807, 2.05) is 36.1 Å². The van der Waals surface area contributed by atoms with Crippen molar-refractivity contribution in [2.75, 3.05) is 39.3 Å². The van der Waals surface area contributed by atoms with Crippen LogP contribution in [-0.2, 0) is 4.79 Å². The Hall–Kier alpha value is -2.05. The average Bonchev–Trinajstić information content (AvgIpc) is 3.24. The predicted molar refractivity (Wildman–Crippen MR) is 134 cm³/mol. The maximum absolute atomic E-state index is 13.0. The van der Waals surface area contributed by atoms with Crippen molar-refractivity contribution >= 4 is 34.3 Å². The highest BCUT2D eigenvalue weighted by molar-refractivity contribution is 6.31. The van der Waals surface area contributed by atoms with Gasteiger partial charge in [0.25, 0.3) is 5.91 Å². The first-order valence-electron chi connectivity index (χ1n) is 12.5. The van der Waals surface area contributed by atoms with E-state index >= 15 is 0 Å². The van der Waals surface area contributed by atoms with E-state index in [1.54, 1.807) is 0 Å². The summed E-state index contributed by atoms with van der Waals surface area (Å²) >= 11 is 6.06. The summed E-state index contributed by atoms with van der Waals surface area (Å²) in [5, 5.41) is 4.75. The Morgan fingerprint density at radius 2 is 1.97 bits per heavy atom. The van der Waals surface area contributed by atoms with Gasteiger partial charge in [-0.1, -0.05) is 25.4 Å². The number of carbonyl (C=O) groups excluding carboxylic acids is 2. The summed E-state index contributed by atoms with van der Waals surface area (Å²) < 4.78 is 0. The quantitative estimate of drug-likeness (QED) is 0.581. The van der Waals surface area contributed by atoms with Gasteiger partial charge in [-0.3, -0.25) is 9.59 Å². The van der Waals surface area contributed by atoms with Crippen LogP contribution in [0.4, 0.5) is 0 Å². The second-order valence-electron chi connectivity index (χ2n) is 10.0. The van der Waals surface area contributed by atoms with E-state index in [0.717, 1.165) is 49.2 Å². The Labute approximate surface area is 202 Å². The summed E-state index contributed by atoms with van der Waals surface area (Å²) in [6, 6.07) is 7.45. The summed E-state index contributed by atoms with van der Waals surface area (Å²) in [6.45, 7) is 9.92. The molecule has 0 aliphatic carbocycles. The third kappa shape index (κ3) is 6.10. The molecule has 180 valence electrons. The maximum atomic E-state index is 13.0. The Bertz CT molecular complexity index is 966. The number of nitrogens with zero attached hydrogens (tertiary/aromatic N) is 2. The largest absolute Gasteiger partial charge is 0.356 e. The Morgan fingerprint density at radius 3 is 2.73 bits per heavy atom. The van der Waals surface area contributed by atoms with Gasteiger partial charge in [-0.2, -0.15) is 0 Å². The third-order valence-electron chi connectivity index (χ3n) is 7.45. The van der Waals surface area contributed by atoms with Gasteiger partial charge in [0.2, 0.25) is 5.91 Å². The Kier molecular flexibility index (Phi) is 7.97. The standard InChI is InChI=1S/C26H37ClN4O2/c1-18-5-3-11-30(17-18)12-4-10-28-25(32)19(2)20-8-13-31(14-9-20)26(33)24-16-21-15-22(27)6-7-23(21)29-24/h6-7,15-16,18-20,29H,3-5,8-14,17H2,1-2H3,(H,28,32)/t18-,19+/m0/s1. The van der Waals surface area contributed by atoms with Crippen LogP contribution in [0.25, 0.3) is 10.9 Å². The van der Waals surface area contributed by atoms with Gasteiger partial charge < -0.3 is 20.1 Å². The lowest BCUT2D eigenvalue weighted by Crippen LogP contribution is -2.43. The summed E-state index contributed by atoms with van der Waals surface area (Å²) in [5.74, 6) is 1.26. The topological polar surface area (TPSA) is 68.4 Å². The second-order valence-corrected chi connectivity index (χ2v) is 10.5. The molecule has 2 aromatic rings. The summed E-state index contributed by atoms with van der Waals surface area (Å²) in [4.78, 5) is 33.3. The van der Waals surface area contributed by atoms with Crippen molar-refractivity contribution in [2.24, 2.45) is 17.8 Å². The van der Waals surface area contributed by atoms with Crippen LogP contribution in [0.1, 0.15) is 56.4 Å². The highest BCUT2D eigenvalue weighted by Gasteiger charge is 2.30. The van der Waals surface area contributed by atoms with Crippen molar-refractivity contribution in [3.05, 3.63) is 35.0 Å². The number of benzene rings is 1. The Morgan fingerprint density at radius 1 is 1.18 bits per heavy atom. The number of fused-ring (bicyclic) bond motifs is 1. The van der Waals surface area contributed by atoms with E-state index < -0.39 is 0 Å². The van der Waals surface area contributed by atoms with Crippen LogP contribution in [-0.4, -0.2) is 65.9 Å². The van der Waals surface area contributed by atoms with Gasteiger partial charge >= 0.3 is 0 Å². The molecule has 2 aliphatic rings. The number of halogens is 1. The molecule has 3 heterocycles. The number of rotatable bonds is 7. The molecule has 2 aliphatic heterocycles. The van der Waals surface area contributed by atoms with E-state index in [1.165, 1.54) is 25.9 Å². The minimum absolute atomic E-state index is 0.0184. The first kappa shape index (κ1) is 24.1. The van der Waals surface area contributed by atoms with Gasteiger partial charge in [-0.25, -0.2) is 0 Å². The third-order valence-corrected chi connectivity index (χ3v) is 7.69. The zero-order valence-corrected chi connectivity index (χ0v) is 20.7. The number of hydrogen-bond donors (Lipinski definition) is 2. The number of hydrogen-bond acceptors (Lipinski definition) is 3. The zero-order chi connectivity index (χ0) is 23.4. The molecule has 6 nitrogen and oxygen atoms in total. The second kappa shape index (κ2) is 10.9. The molecule has 33 heavy (non-hydrogen) atoms. The molecule has 1 aromatic heterocycles. The van der Waals surface area contributed by atoms with Crippen LogP contribution in [0.5, 0.6) is 0 Å². The number of aromatic amines is 1. The zero-order valence-electron chi connectivity index (χ0n) is 19.9. The van der Waals surface area contributed by atoms with Crippen LogP contribution in [0.3, 0.4) is 0 Å². The number of H-pyrrole nitrogens is 1. The molecular weight excluding hydrogens is 436 g/mol. The van der Waals surface area contributed by atoms with E-state index in [4.69, 9.17) is 11.6 Å². The van der Waals surface area contributed by atoms with Gasteiger partial charge in [-0.15, -0.1) is 0 Å². The number of piperidine rings is 2. The normalized spacial score (nSPS) is 21.3. The molecule has 2 amide bonds. The van der Waals surface area contributed by atoms with E-state index in [9.17, 15) is 9.59 Å². The first-order chi connectivity index (χ1) is 15.9. The SMILES string of the molecule is C[C@H]1CCCN(CCCNC(=O)[C@H](C)C2CCN(C(=O)c3cc4cc(Cl)ccc4[nH]3)CC2)C1. The highest BCUT2D eigenvalue weighted by atomic mass is 35.5. The van der Waals surface area contributed by atoms with Crippen molar-refractivity contribution in [3.8, 4) is 0 Å². The van der Waals surface area contributed by atoms with Gasteiger partial charge in [-0.05, 0) is 81.3 Å². The number of nitrogens with one attached hydrogen (secondary N) is 2. The lowest BCUT2D eigenvalue weighted by molar-refractivity contribution is -0.126. The fraction of sp³-hybridized carbons (Fsp3) is 0.615. The van der Waals surface area contributed by atoms with Crippen LogP contribution >= 0.6 is 11.6 Å². The van der Waals surface area contributed by atoms with Gasteiger partial charge in [0.15, 0.2) is 0 Å². The van der Waals surface area contributed by atoms with Gasteiger partial charge in [0, 0.05) is 48.0 Å². The molecule has 0 spiro atoms. The van der Waals surface area contributed by atoms with Crippen LogP contribution in [0.2, 0.25) is 5.02 Å². The van der Waals surface area contributed by atoms with Crippen LogP contribution in [0.15, 0.2) is 24.3 Å². The first-order valence-corrected chi connectivity index (χ1v) is 12.9. The molecule has 2 N–H and O–H groups in total. The molecular formula is C26H37ClN4O2. The molecule has 2 atom stereocenters. The van der Waals surface area contributed by atoms with Crippen molar-refractivity contribution in [1.82, 2.24) is 20.1 Å². The molecule has 2 fully saturated rings. The number of likely N-dealkylation sites (tertiary alicyclic amines) is 2. The summed E-state index contributed by atoms with van der Waals surface area (Å²) in [5.41, 5.74) is 1.51. The number of aromatic nitrogens is 1. The molecule has 0 saturated carbocycles. The molecule has 4 rings (SSSR count). The minimum atomic E-state index is -0.0209. The van der Waals surface area contributed by atoms with Crippen LogP contribution < -0.4 is 5.32 Å². The monoisotopic (exact) mass is 472 g/mol. The van der Waals surface area contributed by atoms with E-state index in [2.05, 4.69) is 22.1 Å². The summed E-state index contributed by atoms with van der Waals surface area (Å²) in [7, 11) is 0. The number of amides is 2. The molecule has 2 saturated heterocycles. The molecule has 0 bridgehead atoms. The average molecular weight is 473 g/mol. The lowest BCUT2D eigenvalue weighted by Gasteiger charge is -2.34. The van der Waals surface area contributed by atoms with Crippen LogP contribution in [0, 0.1) is 17.8 Å². The van der Waals surface area contributed by atoms with Crippen molar-refractivity contribution in [2.45, 2.75) is 46.0 Å².